The van der Waals surface area contributed by atoms with E-state index in [1.807, 2.05) is 19.1 Å². The van der Waals surface area contributed by atoms with Crippen molar-refractivity contribution < 1.29 is 9.50 Å². The van der Waals surface area contributed by atoms with Crippen LogP contribution in [0.25, 0.3) is 20.8 Å². The summed E-state index contributed by atoms with van der Waals surface area (Å²) in [6, 6.07) is 9.95. The van der Waals surface area contributed by atoms with Gasteiger partial charge in [0.25, 0.3) is 0 Å². The van der Waals surface area contributed by atoms with Gasteiger partial charge in [0.1, 0.15) is 16.6 Å². The van der Waals surface area contributed by atoms with Gasteiger partial charge in [0, 0.05) is 0 Å². The molecule has 0 spiro atoms. The standard InChI is InChI=1S/C14H10FNOS/c1-8-2-4-10(12(17)6-8)14-16-11-5-3-9(15)7-13(11)18-14/h2-7,17H,1H3. The number of aromatic nitrogens is 1. The van der Waals surface area contributed by atoms with Crippen LogP contribution in [0.1, 0.15) is 5.56 Å². The molecule has 4 heteroatoms. The Bertz CT molecular complexity index is 736. The lowest BCUT2D eigenvalue weighted by Gasteiger charge is -2.01. The van der Waals surface area contributed by atoms with E-state index >= 15 is 0 Å². The molecule has 0 amide bonds. The van der Waals surface area contributed by atoms with Gasteiger partial charge in [-0.2, -0.15) is 0 Å². The van der Waals surface area contributed by atoms with Crippen LogP contribution in [0.3, 0.4) is 0 Å². The SMILES string of the molecule is Cc1ccc(-c2nc3ccc(F)cc3s2)c(O)c1. The molecule has 2 nitrogen and oxygen atoms in total. The number of hydrogen-bond acceptors (Lipinski definition) is 3. The molecule has 0 radical (unpaired) electrons. The maximum atomic E-state index is 13.1. The van der Waals surface area contributed by atoms with Gasteiger partial charge in [-0.1, -0.05) is 6.07 Å². The molecule has 2 aromatic carbocycles. The van der Waals surface area contributed by atoms with E-state index in [0.29, 0.717) is 10.6 Å². The highest BCUT2D eigenvalue weighted by Crippen LogP contribution is 2.35. The fourth-order valence-electron chi connectivity index (χ4n) is 1.84. The number of halogens is 1. The van der Waals surface area contributed by atoms with Crippen molar-refractivity contribution in [2.24, 2.45) is 0 Å². The Morgan fingerprint density at radius 2 is 2.00 bits per heavy atom. The van der Waals surface area contributed by atoms with Crippen molar-refractivity contribution >= 4 is 21.6 Å². The number of benzene rings is 2. The first kappa shape index (κ1) is 11.2. The highest BCUT2D eigenvalue weighted by Gasteiger charge is 2.10. The van der Waals surface area contributed by atoms with Crippen LogP contribution in [0.15, 0.2) is 36.4 Å². The smallest absolute Gasteiger partial charge is 0.128 e. The monoisotopic (exact) mass is 259 g/mol. The van der Waals surface area contributed by atoms with Gasteiger partial charge in [0.2, 0.25) is 0 Å². The molecule has 90 valence electrons. The van der Waals surface area contributed by atoms with Crippen LogP contribution in [-0.2, 0) is 0 Å². The quantitative estimate of drug-likeness (QED) is 0.713. The summed E-state index contributed by atoms with van der Waals surface area (Å²) in [5.74, 6) is -0.0691. The summed E-state index contributed by atoms with van der Waals surface area (Å²) in [6.07, 6.45) is 0. The Balaban J connectivity index is 2.19. The molecule has 3 aromatic rings. The van der Waals surface area contributed by atoms with Gasteiger partial charge >= 0.3 is 0 Å². The van der Waals surface area contributed by atoms with E-state index in [4.69, 9.17) is 0 Å². The number of nitrogens with zero attached hydrogens (tertiary/aromatic N) is 1. The second kappa shape index (κ2) is 4.07. The van der Waals surface area contributed by atoms with Gasteiger partial charge in [0.15, 0.2) is 0 Å². The maximum Gasteiger partial charge on any atom is 0.128 e. The van der Waals surface area contributed by atoms with Gasteiger partial charge < -0.3 is 5.11 Å². The number of rotatable bonds is 1. The van der Waals surface area contributed by atoms with E-state index in [1.54, 1.807) is 12.1 Å². The van der Waals surface area contributed by atoms with Crippen molar-refractivity contribution in [2.45, 2.75) is 6.92 Å². The predicted octanol–water partition coefficient (Wildman–Crippen LogP) is 4.12. The molecule has 0 bridgehead atoms. The van der Waals surface area contributed by atoms with E-state index < -0.39 is 0 Å². The van der Waals surface area contributed by atoms with Crippen LogP contribution >= 0.6 is 11.3 Å². The lowest BCUT2D eigenvalue weighted by Crippen LogP contribution is -1.79. The zero-order valence-corrected chi connectivity index (χ0v) is 10.5. The molecule has 3 rings (SSSR count). The molecule has 1 aromatic heterocycles. The first-order valence-electron chi connectivity index (χ1n) is 5.49. The summed E-state index contributed by atoms with van der Waals surface area (Å²) in [4.78, 5) is 4.41. The number of aryl methyl sites for hydroxylation is 1. The third kappa shape index (κ3) is 1.84. The van der Waals surface area contributed by atoms with Gasteiger partial charge in [-0.25, -0.2) is 9.37 Å². The fraction of sp³-hybridized carbons (Fsp3) is 0.0714. The van der Waals surface area contributed by atoms with Crippen molar-refractivity contribution in [3.8, 4) is 16.3 Å². The summed E-state index contributed by atoms with van der Waals surface area (Å²) in [7, 11) is 0. The molecule has 18 heavy (non-hydrogen) atoms. The van der Waals surface area contributed by atoms with Crippen molar-refractivity contribution in [1.82, 2.24) is 4.98 Å². The van der Waals surface area contributed by atoms with Crippen molar-refractivity contribution in [1.29, 1.82) is 0 Å². The molecule has 0 aliphatic heterocycles. The van der Waals surface area contributed by atoms with Gasteiger partial charge in [-0.15, -0.1) is 11.3 Å². The molecule has 0 aliphatic rings. The minimum Gasteiger partial charge on any atom is -0.507 e. The van der Waals surface area contributed by atoms with Crippen LogP contribution in [0, 0.1) is 12.7 Å². The zero-order chi connectivity index (χ0) is 12.7. The van der Waals surface area contributed by atoms with Gasteiger partial charge in [-0.3, -0.25) is 0 Å². The van der Waals surface area contributed by atoms with E-state index in [-0.39, 0.29) is 11.6 Å². The van der Waals surface area contributed by atoms with Crippen LogP contribution < -0.4 is 0 Å². The molecule has 0 unspecified atom stereocenters. The molecular weight excluding hydrogens is 249 g/mol. The molecule has 0 saturated heterocycles. The summed E-state index contributed by atoms with van der Waals surface area (Å²) in [6.45, 7) is 1.91. The molecule has 0 atom stereocenters. The van der Waals surface area contributed by atoms with Crippen molar-refractivity contribution in [2.75, 3.05) is 0 Å². The maximum absolute atomic E-state index is 13.1. The first-order valence-corrected chi connectivity index (χ1v) is 6.31. The third-order valence-electron chi connectivity index (χ3n) is 2.73. The number of fused-ring (bicyclic) bond motifs is 1. The predicted molar refractivity (Wildman–Crippen MR) is 71.4 cm³/mol. The number of phenols is 1. The fourth-order valence-corrected chi connectivity index (χ4v) is 2.86. The lowest BCUT2D eigenvalue weighted by atomic mass is 10.1. The van der Waals surface area contributed by atoms with Crippen LogP contribution in [-0.4, -0.2) is 10.1 Å². The van der Waals surface area contributed by atoms with E-state index in [2.05, 4.69) is 4.98 Å². The molecule has 0 saturated carbocycles. The van der Waals surface area contributed by atoms with E-state index in [1.165, 1.54) is 23.5 Å². The Morgan fingerprint density at radius 3 is 2.78 bits per heavy atom. The van der Waals surface area contributed by atoms with Crippen molar-refractivity contribution in [3.63, 3.8) is 0 Å². The minimum atomic E-state index is -0.272. The van der Waals surface area contributed by atoms with E-state index in [0.717, 1.165) is 15.8 Å². The zero-order valence-electron chi connectivity index (χ0n) is 9.64. The Hall–Kier alpha value is -1.94. The number of aromatic hydroxyl groups is 1. The summed E-state index contributed by atoms with van der Waals surface area (Å²) < 4.78 is 13.9. The average molecular weight is 259 g/mol. The molecule has 1 heterocycles. The third-order valence-corrected chi connectivity index (χ3v) is 3.79. The second-order valence-corrected chi connectivity index (χ2v) is 5.18. The lowest BCUT2D eigenvalue weighted by molar-refractivity contribution is 0.477. The van der Waals surface area contributed by atoms with Crippen LogP contribution in [0.5, 0.6) is 5.75 Å². The Morgan fingerprint density at radius 1 is 1.17 bits per heavy atom. The number of thiazole rings is 1. The van der Waals surface area contributed by atoms with Gasteiger partial charge in [-0.05, 0) is 42.8 Å². The molecule has 0 fully saturated rings. The normalized spacial score (nSPS) is 11.0. The number of hydrogen-bond donors (Lipinski definition) is 1. The van der Waals surface area contributed by atoms with Crippen LogP contribution in [0.4, 0.5) is 4.39 Å². The molecule has 1 N–H and O–H groups in total. The van der Waals surface area contributed by atoms with E-state index in [9.17, 15) is 9.50 Å². The number of phenolic OH excluding ortho intramolecular Hbond substituents is 1. The van der Waals surface area contributed by atoms with Gasteiger partial charge in [0.05, 0.1) is 15.8 Å². The van der Waals surface area contributed by atoms with Crippen LogP contribution in [0.2, 0.25) is 0 Å². The highest BCUT2D eigenvalue weighted by molar-refractivity contribution is 7.21. The molecular formula is C14H10FNOS. The summed E-state index contributed by atoms with van der Waals surface area (Å²) in [5, 5.41) is 10.6. The van der Waals surface area contributed by atoms with Crippen molar-refractivity contribution in [3.05, 3.63) is 47.8 Å². The minimum absolute atomic E-state index is 0.203. The largest absolute Gasteiger partial charge is 0.507 e. The highest BCUT2D eigenvalue weighted by atomic mass is 32.1. The average Bonchev–Trinajstić information content (AvgIpc) is 2.71. The first-order chi connectivity index (χ1) is 8.63. The second-order valence-electron chi connectivity index (χ2n) is 4.15. The Kier molecular flexibility index (Phi) is 2.52. The summed E-state index contributed by atoms with van der Waals surface area (Å²) in [5.41, 5.74) is 2.42. The Labute approximate surface area is 107 Å². The summed E-state index contributed by atoms with van der Waals surface area (Å²) >= 11 is 1.37. The topological polar surface area (TPSA) is 33.1 Å². The molecule has 0 aliphatic carbocycles.